The maximum atomic E-state index is 11.8. The molecule has 0 aliphatic rings. The average Bonchev–Trinajstić information content (AvgIpc) is 2.60. The molecule has 0 aliphatic carbocycles. The highest BCUT2D eigenvalue weighted by Gasteiger charge is 2.11. The molecule has 0 atom stereocenters. The Morgan fingerprint density at radius 1 is 1.13 bits per heavy atom. The molecule has 2 aromatic rings. The summed E-state index contributed by atoms with van der Waals surface area (Å²) in [5.41, 5.74) is 0.443. The fourth-order valence-corrected chi connectivity index (χ4v) is 1.92. The predicted octanol–water partition coefficient (Wildman–Crippen LogP) is 3.33. The molecule has 0 radical (unpaired) electrons. The largest absolute Gasteiger partial charge is 0.494 e. The predicted molar refractivity (Wildman–Crippen MR) is 84.5 cm³/mol. The fraction of sp³-hybridized carbons (Fsp3) is 0.222. The van der Waals surface area contributed by atoms with Crippen LogP contribution in [0.15, 0.2) is 48.5 Å². The summed E-state index contributed by atoms with van der Waals surface area (Å²) in [7, 11) is 1.46. The molecule has 0 heterocycles. The van der Waals surface area contributed by atoms with Crippen LogP contribution in [0.3, 0.4) is 0 Å². The number of hydrogen-bond acceptors (Lipinski definition) is 5. The summed E-state index contributed by atoms with van der Waals surface area (Å²) in [6.45, 7) is 0.434. The molecule has 0 saturated heterocycles. The van der Waals surface area contributed by atoms with Gasteiger partial charge < -0.3 is 14.2 Å². The van der Waals surface area contributed by atoms with Crippen LogP contribution in [0.4, 0.5) is 0 Å². The molecule has 2 rings (SSSR count). The van der Waals surface area contributed by atoms with Crippen molar-refractivity contribution in [2.24, 2.45) is 0 Å². The topological polar surface area (TPSA) is 68.5 Å². The Bertz CT molecular complexity index is 692. The second-order valence-corrected chi connectivity index (χ2v) is 4.72. The highest BCUT2D eigenvalue weighted by atomic mass is 16.6. The number of para-hydroxylation sites is 1. The van der Waals surface area contributed by atoms with Crippen LogP contribution in [-0.2, 0) is 4.79 Å². The minimum Gasteiger partial charge on any atom is -0.494 e. The SMILES string of the molecule is COc1cc(C#N)ccc1OC(=O)CCCOc1ccccc1. The maximum Gasteiger partial charge on any atom is 0.311 e. The number of ether oxygens (including phenoxy) is 3. The van der Waals surface area contributed by atoms with Crippen molar-refractivity contribution in [3.8, 4) is 23.3 Å². The second-order valence-electron chi connectivity index (χ2n) is 4.72. The third-order valence-electron chi connectivity index (χ3n) is 3.05. The van der Waals surface area contributed by atoms with E-state index in [4.69, 9.17) is 19.5 Å². The van der Waals surface area contributed by atoms with Gasteiger partial charge in [-0.05, 0) is 30.7 Å². The molecule has 5 nitrogen and oxygen atoms in total. The molecule has 0 spiro atoms. The zero-order valence-corrected chi connectivity index (χ0v) is 12.8. The molecule has 0 bridgehead atoms. The van der Waals surface area contributed by atoms with Gasteiger partial charge in [0.1, 0.15) is 5.75 Å². The van der Waals surface area contributed by atoms with Gasteiger partial charge in [0.05, 0.1) is 25.3 Å². The molecule has 0 N–H and O–H groups in total. The van der Waals surface area contributed by atoms with E-state index in [-0.39, 0.29) is 12.4 Å². The molecule has 118 valence electrons. The summed E-state index contributed by atoms with van der Waals surface area (Å²) < 4.78 is 15.9. The van der Waals surface area contributed by atoms with Gasteiger partial charge in [-0.3, -0.25) is 4.79 Å². The first-order chi connectivity index (χ1) is 11.2. The third kappa shape index (κ3) is 5.04. The van der Waals surface area contributed by atoms with Gasteiger partial charge in [0, 0.05) is 12.5 Å². The third-order valence-corrected chi connectivity index (χ3v) is 3.05. The molecular formula is C18H17NO4. The van der Waals surface area contributed by atoms with E-state index in [9.17, 15) is 4.79 Å². The Kier molecular flexibility index (Phi) is 6.01. The van der Waals surface area contributed by atoms with E-state index in [2.05, 4.69) is 0 Å². The Morgan fingerprint density at radius 3 is 2.61 bits per heavy atom. The number of methoxy groups -OCH3 is 1. The summed E-state index contributed by atoms with van der Waals surface area (Å²) in [5, 5.41) is 8.84. The van der Waals surface area contributed by atoms with Gasteiger partial charge in [0.25, 0.3) is 0 Å². The van der Waals surface area contributed by atoms with Crippen LogP contribution in [-0.4, -0.2) is 19.7 Å². The molecule has 0 amide bonds. The minimum atomic E-state index is -0.371. The van der Waals surface area contributed by atoms with Crippen LogP contribution in [0.1, 0.15) is 18.4 Å². The maximum absolute atomic E-state index is 11.8. The first-order valence-corrected chi connectivity index (χ1v) is 7.19. The molecule has 0 saturated carbocycles. The van der Waals surface area contributed by atoms with Gasteiger partial charge in [0.15, 0.2) is 11.5 Å². The van der Waals surface area contributed by atoms with E-state index in [0.717, 1.165) is 5.75 Å². The van der Waals surface area contributed by atoms with Crippen molar-refractivity contribution in [2.75, 3.05) is 13.7 Å². The first-order valence-electron chi connectivity index (χ1n) is 7.19. The quantitative estimate of drug-likeness (QED) is 0.446. The highest BCUT2D eigenvalue weighted by Crippen LogP contribution is 2.28. The highest BCUT2D eigenvalue weighted by molar-refractivity contribution is 5.73. The number of rotatable bonds is 7. The zero-order valence-electron chi connectivity index (χ0n) is 12.8. The molecular weight excluding hydrogens is 294 g/mol. The van der Waals surface area contributed by atoms with Crippen molar-refractivity contribution in [3.63, 3.8) is 0 Å². The van der Waals surface area contributed by atoms with Gasteiger partial charge in [-0.1, -0.05) is 18.2 Å². The van der Waals surface area contributed by atoms with Gasteiger partial charge in [-0.15, -0.1) is 0 Å². The van der Waals surface area contributed by atoms with E-state index >= 15 is 0 Å². The summed E-state index contributed by atoms with van der Waals surface area (Å²) in [4.78, 5) is 11.8. The van der Waals surface area contributed by atoms with Crippen molar-refractivity contribution < 1.29 is 19.0 Å². The Hall–Kier alpha value is -3.00. The molecule has 0 unspecified atom stereocenters. The molecule has 0 fully saturated rings. The zero-order chi connectivity index (χ0) is 16.5. The minimum absolute atomic E-state index is 0.232. The van der Waals surface area contributed by atoms with Crippen molar-refractivity contribution in [2.45, 2.75) is 12.8 Å². The lowest BCUT2D eigenvalue weighted by Crippen LogP contribution is -2.10. The van der Waals surface area contributed by atoms with Crippen LogP contribution < -0.4 is 14.2 Å². The molecule has 2 aromatic carbocycles. The van der Waals surface area contributed by atoms with Gasteiger partial charge in [0.2, 0.25) is 0 Å². The first kappa shape index (κ1) is 16.4. The molecule has 5 heteroatoms. The van der Waals surface area contributed by atoms with Gasteiger partial charge in [-0.2, -0.15) is 5.26 Å². The lowest BCUT2D eigenvalue weighted by molar-refractivity contribution is -0.134. The number of nitrogens with zero attached hydrogens (tertiary/aromatic N) is 1. The number of nitriles is 1. The normalized spacial score (nSPS) is 9.74. The monoisotopic (exact) mass is 311 g/mol. The van der Waals surface area contributed by atoms with E-state index in [0.29, 0.717) is 30.1 Å². The van der Waals surface area contributed by atoms with Crippen LogP contribution in [0.2, 0.25) is 0 Å². The van der Waals surface area contributed by atoms with E-state index in [1.54, 1.807) is 12.1 Å². The van der Waals surface area contributed by atoms with E-state index in [1.165, 1.54) is 13.2 Å². The van der Waals surface area contributed by atoms with E-state index in [1.807, 2.05) is 36.4 Å². The Labute approximate surface area is 135 Å². The van der Waals surface area contributed by atoms with Crippen LogP contribution in [0.5, 0.6) is 17.2 Å². The van der Waals surface area contributed by atoms with Crippen LogP contribution in [0.25, 0.3) is 0 Å². The number of carbonyl (C=O) groups is 1. The van der Waals surface area contributed by atoms with Crippen molar-refractivity contribution >= 4 is 5.97 Å². The van der Waals surface area contributed by atoms with Crippen molar-refractivity contribution in [3.05, 3.63) is 54.1 Å². The summed E-state index contributed by atoms with van der Waals surface area (Å²) >= 11 is 0. The fourth-order valence-electron chi connectivity index (χ4n) is 1.92. The Morgan fingerprint density at radius 2 is 1.91 bits per heavy atom. The number of benzene rings is 2. The lowest BCUT2D eigenvalue weighted by atomic mass is 10.2. The number of esters is 1. The smallest absolute Gasteiger partial charge is 0.311 e. The lowest BCUT2D eigenvalue weighted by Gasteiger charge is -2.09. The van der Waals surface area contributed by atoms with Crippen molar-refractivity contribution in [1.82, 2.24) is 0 Å². The number of carbonyl (C=O) groups excluding carboxylic acids is 1. The van der Waals surface area contributed by atoms with E-state index < -0.39 is 0 Å². The van der Waals surface area contributed by atoms with Crippen LogP contribution in [0, 0.1) is 11.3 Å². The van der Waals surface area contributed by atoms with Gasteiger partial charge in [-0.25, -0.2) is 0 Å². The second kappa shape index (κ2) is 8.44. The Balaban J connectivity index is 1.80. The summed E-state index contributed by atoms with van der Waals surface area (Å²) in [6.07, 6.45) is 0.780. The molecule has 0 aromatic heterocycles. The molecule has 23 heavy (non-hydrogen) atoms. The van der Waals surface area contributed by atoms with Crippen LogP contribution >= 0.6 is 0 Å². The summed E-state index contributed by atoms with van der Waals surface area (Å²) in [6, 6.07) is 16.1. The molecule has 0 aliphatic heterocycles. The standard InChI is InChI=1S/C18H17NO4/c1-21-17-12-14(13-19)9-10-16(17)23-18(20)8-5-11-22-15-6-3-2-4-7-15/h2-4,6-7,9-10,12H,5,8,11H2,1H3. The van der Waals surface area contributed by atoms with Gasteiger partial charge >= 0.3 is 5.97 Å². The average molecular weight is 311 g/mol. The van der Waals surface area contributed by atoms with Crippen molar-refractivity contribution in [1.29, 1.82) is 5.26 Å². The summed E-state index contributed by atoms with van der Waals surface area (Å²) in [5.74, 6) is 1.07. The number of hydrogen-bond donors (Lipinski definition) is 0.